The Kier molecular flexibility index (Phi) is 6.21. The second-order valence-electron chi connectivity index (χ2n) is 5.88. The summed E-state index contributed by atoms with van der Waals surface area (Å²) in [6.45, 7) is 7.83. The number of nitrogens with zero attached hydrogens (tertiary/aromatic N) is 1. The molecular formula is C17H27N3O. The maximum Gasteiger partial charge on any atom is 0.238 e. The number of carbonyl (C=O) groups is 1. The number of nitrogens with one attached hydrogen (secondary N) is 2. The number of anilines is 1. The molecule has 0 radical (unpaired) electrons. The van der Waals surface area contributed by atoms with Crippen molar-refractivity contribution in [1.29, 1.82) is 0 Å². The van der Waals surface area contributed by atoms with Gasteiger partial charge in [-0.2, -0.15) is 0 Å². The molecule has 1 unspecified atom stereocenters. The first-order valence-electron chi connectivity index (χ1n) is 8.02. The molecule has 2 rings (SSSR count). The lowest BCUT2D eigenvalue weighted by Crippen LogP contribution is -2.34. The average molecular weight is 289 g/mol. The first-order chi connectivity index (χ1) is 10.2. The van der Waals surface area contributed by atoms with E-state index in [9.17, 15) is 4.79 Å². The molecule has 0 aliphatic carbocycles. The van der Waals surface area contributed by atoms with E-state index in [1.165, 1.54) is 18.4 Å². The van der Waals surface area contributed by atoms with Gasteiger partial charge in [0, 0.05) is 18.3 Å². The van der Waals surface area contributed by atoms with E-state index in [0.717, 1.165) is 31.7 Å². The van der Waals surface area contributed by atoms with Crippen LogP contribution in [0, 0.1) is 0 Å². The van der Waals surface area contributed by atoms with Crippen LogP contribution in [0.1, 0.15) is 38.7 Å². The molecule has 4 heteroatoms. The molecule has 1 saturated heterocycles. The highest BCUT2D eigenvalue weighted by atomic mass is 16.1. The molecule has 0 spiro atoms. The van der Waals surface area contributed by atoms with E-state index in [4.69, 9.17) is 0 Å². The Morgan fingerprint density at radius 3 is 2.71 bits per heavy atom. The normalized spacial score (nSPS) is 16.9. The minimum Gasteiger partial charge on any atom is -0.325 e. The fourth-order valence-corrected chi connectivity index (χ4v) is 2.57. The average Bonchev–Trinajstić information content (AvgIpc) is 3.00. The van der Waals surface area contributed by atoms with Crippen molar-refractivity contribution in [2.24, 2.45) is 0 Å². The molecule has 116 valence electrons. The summed E-state index contributed by atoms with van der Waals surface area (Å²) in [4.78, 5) is 14.5. The molecule has 1 aliphatic heterocycles. The van der Waals surface area contributed by atoms with Crippen LogP contribution < -0.4 is 10.6 Å². The van der Waals surface area contributed by atoms with Gasteiger partial charge in [0.05, 0.1) is 6.54 Å². The standard InChI is InChI=1S/C17H27N3O/c1-3-14(2)18-12-17(21)19-16-9-5-4-8-15(16)13-20-10-6-7-11-20/h4-5,8-9,14,18H,3,6-7,10-13H2,1-2H3,(H,19,21). The van der Waals surface area contributed by atoms with E-state index in [-0.39, 0.29) is 5.91 Å². The van der Waals surface area contributed by atoms with Gasteiger partial charge in [0.15, 0.2) is 0 Å². The van der Waals surface area contributed by atoms with Gasteiger partial charge in [0.2, 0.25) is 5.91 Å². The Morgan fingerprint density at radius 2 is 2.00 bits per heavy atom. The molecular weight excluding hydrogens is 262 g/mol. The third-order valence-electron chi connectivity index (χ3n) is 4.11. The molecule has 1 amide bonds. The zero-order chi connectivity index (χ0) is 15.1. The molecule has 21 heavy (non-hydrogen) atoms. The summed E-state index contributed by atoms with van der Waals surface area (Å²) in [6, 6.07) is 8.49. The predicted octanol–water partition coefficient (Wildman–Crippen LogP) is 2.61. The van der Waals surface area contributed by atoms with Gasteiger partial charge < -0.3 is 10.6 Å². The van der Waals surface area contributed by atoms with Crippen molar-refractivity contribution in [3.05, 3.63) is 29.8 Å². The third kappa shape index (κ3) is 5.14. The van der Waals surface area contributed by atoms with E-state index in [1.54, 1.807) is 0 Å². The van der Waals surface area contributed by atoms with Crippen molar-refractivity contribution in [3.63, 3.8) is 0 Å². The Balaban J connectivity index is 1.91. The van der Waals surface area contributed by atoms with E-state index in [2.05, 4.69) is 35.4 Å². The van der Waals surface area contributed by atoms with E-state index < -0.39 is 0 Å². The number of carbonyl (C=O) groups excluding carboxylic acids is 1. The number of rotatable bonds is 7. The van der Waals surface area contributed by atoms with E-state index >= 15 is 0 Å². The van der Waals surface area contributed by atoms with Crippen LogP contribution in [-0.2, 0) is 11.3 Å². The lowest BCUT2D eigenvalue weighted by molar-refractivity contribution is -0.115. The minimum absolute atomic E-state index is 0.0316. The second kappa shape index (κ2) is 8.15. The molecule has 2 N–H and O–H groups in total. The van der Waals surface area contributed by atoms with Gasteiger partial charge in [-0.05, 0) is 50.9 Å². The zero-order valence-corrected chi connectivity index (χ0v) is 13.2. The van der Waals surface area contributed by atoms with Gasteiger partial charge in [-0.3, -0.25) is 9.69 Å². The van der Waals surface area contributed by atoms with Crippen LogP contribution in [0.5, 0.6) is 0 Å². The predicted molar refractivity (Wildman–Crippen MR) is 87.3 cm³/mol. The zero-order valence-electron chi connectivity index (χ0n) is 13.2. The first-order valence-corrected chi connectivity index (χ1v) is 8.02. The first kappa shape index (κ1) is 16.0. The number of likely N-dealkylation sites (tertiary alicyclic amines) is 1. The van der Waals surface area contributed by atoms with Crippen molar-refractivity contribution < 1.29 is 4.79 Å². The van der Waals surface area contributed by atoms with Crippen LogP contribution in [0.4, 0.5) is 5.69 Å². The van der Waals surface area contributed by atoms with Crippen LogP contribution in [-0.4, -0.2) is 36.5 Å². The topological polar surface area (TPSA) is 44.4 Å². The van der Waals surface area contributed by atoms with Gasteiger partial charge in [-0.1, -0.05) is 25.1 Å². The van der Waals surface area contributed by atoms with Crippen LogP contribution in [0.15, 0.2) is 24.3 Å². The van der Waals surface area contributed by atoms with Crippen LogP contribution >= 0.6 is 0 Å². The smallest absolute Gasteiger partial charge is 0.238 e. The lowest BCUT2D eigenvalue weighted by Gasteiger charge is -2.18. The van der Waals surface area contributed by atoms with Crippen molar-refractivity contribution in [1.82, 2.24) is 10.2 Å². The summed E-state index contributed by atoms with van der Waals surface area (Å²) in [5.41, 5.74) is 2.15. The summed E-state index contributed by atoms with van der Waals surface area (Å²) < 4.78 is 0. The Bertz CT molecular complexity index is 455. The molecule has 1 atom stereocenters. The highest BCUT2D eigenvalue weighted by Gasteiger charge is 2.14. The van der Waals surface area contributed by atoms with E-state index in [0.29, 0.717) is 12.6 Å². The Labute approximate surface area is 127 Å². The summed E-state index contributed by atoms with van der Waals surface area (Å²) in [7, 11) is 0. The van der Waals surface area contributed by atoms with Crippen LogP contribution in [0.3, 0.4) is 0 Å². The number of amides is 1. The second-order valence-corrected chi connectivity index (χ2v) is 5.88. The number of benzene rings is 1. The quantitative estimate of drug-likeness (QED) is 0.811. The fraction of sp³-hybridized carbons (Fsp3) is 0.588. The van der Waals surface area contributed by atoms with Gasteiger partial charge in [-0.25, -0.2) is 0 Å². The minimum atomic E-state index is 0.0316. The Morgan fingerprint density at radius 1 is 1.29 bits per heavy atom. The molecule has 4 nitrogen and oxygen atoms in total. The molecule has 0 aromatic heterocycles. The summed E-state index contributed by atoms with van der Waals surface area (Å²) in [5.74, 6) is 0.0316. The third-order valence-corrected chi connectivity index (χ3v) is 4.11. The lowest BCUT2D eigenvalue weighted by atomic mass is 10.1. The van der Waals surface area contributed by atoms with Crippen molar-refractivity contribution in [3.8, 4) is 0 Å². The van der Waals surface area contributed by atoms with Crippen LogP contribution in [0.2, 0.25) is 0 Å². The van der Waals surface area contributed by atoms with Gasteiger partial charge in [0.1, 0.15) is 0 Å². The molecule has 1 fully saturated rings. The molecule has 0 bridgehead atoms. The Hall–Kier alpha value is -1.39. The fourth-order valence-electron chi connectivity index (χ4n) is 2.57. The molecule has 1 aliphatic rings. The number of hydrogen-bond donors (Lipinski definition) is 2. The molecule has 0 saturated carbocycles. The maximum atomic E-state index is 12.0. The highest BCUT2D eigenvalue weighted by Crippen LogP contribution is 2.19. The highest BCUT2D eigenvalue weighted by molar-refractivity contribution is 5.93. The van der Waals surface area contributed by atoms with Crippen molar-refractivity contribution in [2.45, 2.75) is 45.7 Å². The summed E-state index contributed by atoms with van der Waals surface area (Å²) in [5, 5.41) is 6.26. The summed E-state index contributed by atoms with van der Waals surface area (Å²) in [6.07, 6.45) is 3.60. The molecule has 1 aromatic rings. The van der Waals surface area contributed by atoms with Crippen molar-refractivity contribution >= 4 is 11.6 Å². The number of para-hydroxylation sites is 1. The molecule has 1 heterocycles. The monoisotopic (exact) mass is 289 g/mol. The number of hydrogen-bond acceptors (Lipinski definition) is 3. The van der Waals surface area contributed by atoms with Crippen LogP contribution in [0.25, 0.3) is 0 Å². The summed E-state index contributed by atoms with van der Waals surface area (Å²) >= 11 is 0. The maximum absolute atomic E-state index is 12.0. The SMILES string of the molecule is CCC(C)NCC(=O)Nc1ccccc1CN1CCCC1. The van der Waals surface area contributed by atoms with Gasteiger partial charge >= 0.3 is 0 Å². The van der Waals surface area contributed by atoms with Gasteiger partial charge in [-0.15, -0.1) is 0 Å². The molecule has 1 aromatic carbocycles. The van der Waals surface area contributed by atoms with Crippen molar-refractivity contribution in [2.75, 3.05) is 25.0 Å². The van der Waals surface area contributed by atoms with E-state index in [1.807, 2.05) is 18.2 Å². The van der Waals surface area contributed by atoms with Gasteiger partial charge in [0.25, 0.3) is 0 Å². The largest absolute Gasteiger partial charge is 0.325 e.